The van der Waals surface area contributed by atoms with E-state index in [-0.39, 0.29) is 0 Å². The summed E-state index contributed by atoms with van der Waals surface area (Å²) in [6.07, 6.45) is 5.23. The lowest BCUT2D eigenvalue weighted by molar-refractivity contribution is 0.116. The minimum atomic E-state index is 0.389. The summed E-state index contributed by atoms with van der Waals surface area (Å²) in [5.74, 6) is 1.63. The first kappa shape index (κ1) is 13.5. The van der Waals surface area contributed by atoms with Crippen LogP contribution in [0.1, 0.15) is 32.5 Å². The average Bonchev–Trinajstić information content (AvgIpc) is 2.94. The van der Waals surface area contributed by atoms with Crippen LogP contribution in [0.15, 0.2) is 6.33 Å². The zero-order chi connectivity index (χ0) is 13.0. The third kappa shape index (κ3) is 3.29. The lowest BCUT2D eigenvalue weighted by atomic mass is 9.94. The van der Waals surface area contributed by atoms with Crippen LogP contribution in [0.25, 0.3) is 0 Å². The molecule has 0 saturated carbocycles. The molecule has 3 atom stereocenters. The topological polar surface area (TPSA) is 52.0 Å². The minimum Gasteiger partial charge on any atom is -0.378 e. The van der Waals surface area contributed by atoms with Crippen molar-refractivity contribution in [3.05, 3.63) is 12.2 Å². The second kappa shape index (κ2) is 6.29. The lowest BCUT2D eigenvalue weighted by Crippen LogP contribution is -2.39. The number of rotatable bonds is 6. The SMILES string of the molecule is CCCNC(Cc1ncnn1C)C1COC(C)C1. The van der Waals surface area contributed by atoms with Gasteiger partial charge in [-0.3, -0.25) is 4.68 Å². The maximum absolute atomic E-state index is 5.69. The highest BCUT2D eigenvalue weighted by molar-refractivity contribution is 4.93. The molecule has 2 heterocycles. The largest absolute Gasteiger partial charge is 0.378 e. The molecule has 0 bridgehead atoms. The smallest absolute Gasteiger partial charge is 0.138 e. The molecule has 0 spiro atoms. The molecule has 1 fully saturated rings. The van der Waals surface area contributed by atoms with Crippen LogP contribution in [-0.4, -0.2) is 40.1 Å². The van der Waals surface area contributed by atoms with Gasteiger partial charge in [0.15, 0.2) is 0 Å². The van der Waals surface area contributed by atoms with Gasteiger partial charge in [-0.1, -0.05) is 6.92 Å². The highest BCUT2D eigenvalue weighted by Gasteiger charge is 2.30. The number of ether oxygens (including phenoxy) is 1. The van der Waals surface area contributed by atoms with Gasteiger partial charge in [-0.05, 0) is 26.3 Å². The molecule has 5 nitrogen and oxygen atoms in total. The summed E-state index contributed by atoms with van der Waals surface area (Å²) < 4.78 is 7.55. The van der Waals surface area contributed by atoms with Crippen molar-refractivity contribution in [2.75, 3.05) is 13.2 Å². The zero-order valence-electron chi connectivity index (χ0n) is 11.6. The number of hydrogen-bond acceptors (Lipinski definition) is 4. The maximum atomic E-state index is 5.69. The predicted octanol–water partition coefficient (Wildman–Crippen LogP) is 1.15. The fourth-order valence-electron chi connectivity index (χ4n) is 2.57. The Bertz CT molecular complexity index is 366. The number of nitrogens with zero attached hydrogens (tertiary/aromatic N) is 3. The van der Waals surface area contributed by atoms with Crippen LogP contribution >= 0.6 is 0 Å². The molecule has 0 amide bonds. The molecule has 1 aromatic rings. The van der Waals surface area contributed by atoms with Gasteiger partial charge < -0.3 is 10.1 Å². The lowest BCUT2D eigenvalue weighted by Gasteiger charge is -2.23. The summed E-state index contributed by atoms with van der Waals surface area (Å²) >= 11 is 0. The van der Waals surface area contributed by atoms with Crippen molar-refractivity contribution in [2.45, 2.75) is 45.3 Å². The van der Waals surface area contributed by atoms with Crippen molar-refractivity contribution in [1.29, 1.82) is 0 Å². The van der Waals surface area contributed by atoms with Gasteiger partial charge in [0, 0.05) is 25.4 Å². The van der Waals surface area contributed by atoms with Crippen molar-refractivity contribution in [2.24, 2.45) is 13.0 Å². The fourth-order valence-corrected chi connectivity index (χ4v) is 2.57. The van der Waals surface area contributed by atoms with Crippen LogP contribution in [0.5, 0.6) is 0 Å². The van der Waals surface area contributed by atoms with E-state index in [0.717, 1.165) is 38.2 Å². The Kier molecular flexibility index (Phi) is 4.72. The van der Waals surface area contributed by atoms with Crippen LogP contribution < -0.4 is 5.32 Å². The van der Waals surface area contributed by atoms with Crippen LogP contribution in [0.2, 0.25) is 0 Å². The summed E-state index contributed by atoms with van der Waals surface area (Å²) in [5, 5.41) is 7.77. The normalized spacial score (nSPS) is 25.5. The highest BCUT2D eigenvalue weighted by Crippen LogP contribution is 2.24. The van der Waals surface area contributed by atoms with Gasteiger partial charge in [0.1, 0.15) is 12.2 Å². The molecule has 1 aromatic heterocycles. The van der Waals surface area contributed by atoms with E-state index in [2.05, 4.69) is 29.2 Å². The van der Waals surface area contributed by atoms with Crippen LogP contribution in [0.4, 0.5) is 0 Å². The first-order chi connectivity index (χ1) is 8.70. The van der Waals surface area contributed by atoms with E-state index in [0.29, 0.717) is 18.1 Å². The van der Waals surface area contributed by atoms with Gasteiger partial charge in [-0.25, -0.2) is 4.98 Å². The van der Waals surface area contributed by atoms with Gasteiger partial charge in [-0.2, -0.15) is 5.10 Å². The zero-order valence-corrected chi connectivity index (χ0v) is 11.6. The molecular formula is C13H24N4O. The van der Waals surface area contributed by atoms with Crippen molar-refractivity contribution < 1.29 is 4.74 Å². The molecule has 1 aliphatic heterocycles. The number of aryl methyl sites for hydroxylation is 1. The van der Waals surface area contributed by atoms with Gasteiger partial charge in [0.25, 0.3) is 0 Å². The molecule has 1 N–H and O–H groups in total. The molecule has 0 radical (unpaired) electrons. The van der Waals surface area contributed by atoms with E-state index in [1.54, 1.807) is 6.33 Å². The quantitative estimate of drug-likeness (QED) is 0.825. The van der Waals surface area contributed by atoms with Crippen molar-refractivity contribution in [1.82, 2.24) is 20.1 Å². The van der Waals surface area contributed by atoms with Crippen LogP contribution in [0.3, 0.4) is 0 Å². The molecule has 102 valence electrons. The predicted molar refractivity (Wildman–Crippen MR) is 70.3 cm³/mol. The Labute approximate surface area is 109 Å². The number of nitrogens with one attached hydrogen (secondary N) is 1. The van der Waals surface area contributed by atoms with Gasteiger partial charge in [0.2, 0.25) is 0 Å². The molecule has 3 unspecified atom stereocenters. The van der Waals surface area contributed by atoms with Gasteiger partial charge in [-0.15, -0.1) is 0 Å². The van der Waals surface area contributed by atoms with Crippen molar-refractivity contribution >= 4 is 0 Å². The molecule has 1 saturated heterocycles. The standard InChI is InChI=1S/C13H24N4O/c1-4-5-14-12(11-6-10(2)18-8-11)7-13-15-9-16-17(13)3/h9-12,14H,4-8H2,1-3H3. The number of hydrogen-bond donors (Lipinski definition) is 1. The summed E-state index contributed by atoms with van der Waals surface area (Å²) in [7, 11) is 1.95. The monoisotopic (exact) mass is 252 g/mol. The third-order valence-electron chi connectivity index (χ3n) is 3.66. The van der Waals surface area contributed by atoms with E-state index in [9.17, 15) is 0 Å². The van der Waals surface area contributed by atoms with Crippen LogP contribution in [0, 0.1) is 5.92 Å². The van der Waals surface area contributed by atoms with Gasteiger partial charge >= 0.3 is 0 Å². The fraction of sp³-hybridized carbons (Fsp3) is 0.846. The van der Waals surface area contributed by atoms with Crippen molar-refractivity contribution in [3.8, 4) is 0 Å². The molecule has 0 aliphatic carbocycles. The van der Waals surface area contributed by atoms with E-state index < -0.39 is 0 Å². The van der Waals surface area contributed by atoms with Crippen LogP contribution in [-0.2, 0) is 18.2 Å². The molecule has 1 aliphatic rings. The summed E-state index contributed by atoms with van der Waals surface area (Å²) in [5.41, 5.74) is 0. The van der Waals surface area contributed by atoms with Crippen molar-refractivity contribution in [3.63, 3.8) is 0 Å². The summed E-state index contributed by atoms with van der Waals surface area (Å²) in [4.78, 5) is 4.33. The molecular weight excluding hydrogens is 228 g/mol. The first-order valence-corrected chi connectivity index (χ1v) is 6.88. The second-order valence-corrected chi connectivity index (χ2v) is 5.20. The maximum Gasteiger partial charge on any atom is 0.138 e. The van der Waals surface area contributed by atoms with E-state index in [4.69, 9.17) is 4.74 Å². The first-order valence-electron chi connectivity index (χ1n) is 6.88. The Hall–Kier alpha value is -0.940. The Balaban J connectivity index is 1.98. The summed E-state index contributed by atoms with van der Waals surface area (Å²) in [6.45, 7) is 6.26. The second-order valence-electron chi connectivity index (χ2n) is 5.20. The number of aromatic nitrogens is 3. The molecule has 18 heavy (non-hydrogen) atoms. The average molecular weight is 252 g/mol. The Morgan fingerprint density at radius 2 is 2.44 bits per heavy atom. The van der Waals surface area contributed by atoms with Gasteiger partial charge in [0.05, 0.1) is 12.7 Å². The van der Waals surface area contributed by atoms with E-state index in [1.165, 1.54) is 0 Å². The third-order valence-corrected chi connectivity index (χ3v) is 3.66. The minimum absolute atomic E-state index is 0.389. The van der Waals surface area contributed by atoms with E-state index >= 15 is 0 Å². The van der Waals surface area contributed by atoms with E-state index in [1.807, 2.05) is 11.7 Å². The Morgan fingerprint density at radius 1 is 1.61 bits per heavy atom. The molecule has 2 rings (SSSR count). The molecule has 5 heteroatoms. The highest BCUT2D eigenvalue weighted by atomic mass is 16.5. The Morgan fingerprint density at radius 3 is 3.00 bits per heavy atom. The molecule has 0 aromatic carbocycles. The summed E-state index contributed by atoms with van der Waals surface area (Å²) in [6, 6.07) is 0.442.